The molecule has 1 saturated carbocycles. The van der Waals surface area contributed by atoms with Crippen molar-refractivity contribution in [1.29, 1.82) is 0 Å². The molecular formula is C15H23N. The summed E-state index contributed by atoms with van der Waals surface area (Å²) in [5.74, 6) is 2.37. The zero-order valence-corrected chi connectivity index (χ0v) is 10.7. The molecule has 0 aliphatic heterocycles. The van der Waals surface area contributed by atoms with E-state index in [0.29, 0.717) is 5.92 Å². The standard InChI is InChI=1S/C15H23N/c1-11(2)13-4-6-14(7-5-13)15-8-12(9-15)10-16-3/h4-7,11-12,15-16H,8-10H2,1-3H3. The van der Waals surface area contributed by atoms with Gasteiger partial charge in [0, 0.05) is 0 Å². The molecule has 1 aromatic rings. The second kappa shape index (κ2) is 5.01. The molecule has 0 radical (unpaired) electrons. The van der Waals surface area contributed by atoms with Crippen LogP contribution in [-0.4, -0.2) is 13.6 Å². The third-order valence-electron chi connectivity index (χ3n) is 3.80. The third kappa shape index (κ3) is 2.46. The maximum Gasteiger partial charge on any atom is -0.00231 e. The fourth-order valence-electron chi connectivity index (χ4n) is 2.62. The number of nitrogens with one attached hydrogen (secondary N) is 1. The summed E-state index contributed by atoms with van der Waals surface area (Å²) in [6, 6.07) is 9.25. The molecule has 0 spiro atoms. The summed E-state index contributed by atoms with van der Waals surface area (Å²) < 4.78 is 0. The molecule has 1 aromatic carbocycles. The Balaban J connectivity index is 1.92. The van der Waals surface area contributed by atoms with Crippen LogP contribution in [0, 0.1) is 5.92 Å². The van der Waals surface area contributed by atoms with Gasteiger partial charge in [-0.05, 0) is 55.3 Å². The molecule has 1 aliphatic carbocycles. The zero-order valence-electron chi connectivity index (χ0n) is 10.7. The van der Waals surface area contributed by atoms with Gasteiger partial charge in [0.15, 0.2) is 0 Å². The van der Waals surface area contributed by atoms with Gasteiger partial charge in [-0.1, -0.05) is 38.1 Å². The topological polar surface area (TPSA) is 12.0 Å². The van der Waals surface area contributed by atoms with Crippen molar-refractivity contribution in [2.75, 3.05) is 13.6 Å². The molecule has 0 atom stereocenters. The van der Waals surface area contributed by atoms with E-state index in [9.17, 15) is 0 Å². The van der Waals surface area contributed by atoms with Crippen LogP contribution in [0.25, 0.3) is 0 Å². The van der Waals surface area contributed by atoms with Crippen LogP contribution in [0.15, 0.2) is 24.3 Å². The largest absolute Gasteiger partial charge is 0.319 e. The number of hydrogen-bond acceptors (Lipinski definition) is 1. The molecule has 1 fully saturated rings. The van der Waals surface area contributed by atoms with E-state index in [2.05, 4.69) is 43.4 Å². The molecule has 1 nitrogen and oxygen atoms in total. The van der Waals surface area contributed by atoms with Gasteiger partial charge in [-0.3, -0.25) is 0 Å². The van der Waals surface area contributed by atoms with Crippen LogP contribution in [0.3, 0.4) is 0 Å². The van der Waals surface area contributed by atoms with Gasteiger partial charge in [0.1, 0.15) is 0 Å². The monoisotopic (exact) mass is 217 g/mol. The van der Waals surface area contributed by atoms with Crippen molar-refractivity contribution in [3.05, 3.63) is 35.4 Å². The molecule has 1 heteroatoms. The van der Waals surface area contributed by atoms with Crippen molar-refractivity contribution in [2.24, 2.45) is 5.92 Å². The second-order valence-corrected chi connectivity index (χ2v) is 5.41. The van der Waals surface area contributed by atoms with Gasteiger partial charge in [0.2, 0.25) is 0 Å². The van der Waals surface area contributed by atoms with E-state index in [0.717, 1.165) is 11.8 Å². The predicted octanol–water partition coefficient (Wildman–Crippen LogP) is 3.52. The lowest BCUT2D eigenvalue weighted by molar-refractivity contribution is 0.259. The number of rotatable bonds is 4. The van der Waals surface area contributed by atoms with E-state index in [4.69, 9.17) is 0 Å². The quantitative estimate of drug-likeness (QED) is 0.813. The second-order valence-electron chi connectivity index (χ2n) is 5.41. The van der Waals surface area contributed by atoms with Crippen LogP contribution < -0.4 is 5.32 Å². The van der Waals surface area contributed by atoms with Gasteiger partial charge < -0.3 is 5.32 Å². The zero-order chi connectivity index (χ0) is 11.5. The first-order chi connectivity index (χ1) is 7.70. The van der Waals surface area contributed by atoms with Crippen molar-refractivity contribution in [1.82, 2.24) is 5.32 Å². The van der Waals surface area contributed by atoms with E-state index >= 15 is 0 Å². The first kappa shape index (κ1) is 11.7. The molecule has 1 aliphatic rings. The van der Waals surface area contributed by atoms with E-state index in [1.807, 2.05) is 7.05 Å². The first-order valence-corrected chi connectivity index (χ1v) is 6.45. The van der Waals surface area contributed by atoms with Gasteiger partial charge in [0.05, 0.1) is 0 Å². The third-order valence-corrected chi connectivity index (χ3v) is 3.80. The highest BCUT2D eigenvalue weighted by atomic mass is 14.8. The molecule has 0 aromatic heterocycles. The highest BCUT2D eigenvalue weighted by Gasteiger charge is 2.29. The van der Waals surface area contributed by atoms with Crippen molar-refractivity contribution in [3.8, 4) is 0 Å². The summed E-state index contributed by atoms with van der Waals surface area (Å²) in [5.41, 5.74) is 2.99. The lowest BCUT2D eigenvalue weighted by Gasteiger charge is -2.35. The molecule has 0 bridgehead atoms. The maximum absolute atomic E-state index is 3.27. The summed E-state index contributed by atoms with van der Waals surface area (Å²) in [7, 11) is 2.05. The van der Waals surface area contributed by atoms with E-state index < -0.39 is 0 Å². The van der Waals surface area contributed by atoms with Crippen LogP contribution in [-0.2, 0) is 0 Å². The van der Waals surface area contributed by atoms with Crippen LogP contribution in [0.1, 0.15) is 49.7 Å². The predicted molar refractivity (Wildman–Crippen MR) is 69.9 cm³/mol. The highest BCUT2D eigenvalue weighted by Crippen LogP contribution is 2.41. The molecule has 0 heterocycles. The summed E-state index contributed by atoms with van der Waals surface area (Å²) in [4.78, 5) is 0. The molecule has 0 unspecified atom stereocenters. The Kier molecular flexibility index (Phi) is 3.65. The summed E-state index contributed by atoms with van der Waals surface area (Å²) in [5, 5.41) is 3.27. The lowest BCUT2D eigenvalue weighted by atomic mass is 9.71. The summed E-state index contributed by atoms with van der Waals surface area (Å²) in [6.07, 6.45) is 2.73. The van der Waals surface area contributed by atoms with Crippen LogP contribution in [0.5, 0.6) is 0 Å². The van der Waals surface area contributed by atoms with Gasteiger partial charge in [-0.25, -0.2) is 0 Å². The molecule has 0 saturated heterocycles. The van der Waals surface area contributed by atoms with Gasteiger partial charge in [0.25, 0.3) is 0 Å². The lowest BCUT2D eigenvalue weighted by Crippen LogP contribution is -2.30. The highest BCUT2D eigenvalue weighted by molar-refractivity contribution is 5.28. The van der Waals surface area contributed by atoms with Gasteiger partial charge >= 0.3 is 0 Å². The SMILES string of the molecule is CNCC1CC(c2ccc(C(C)C)cc2)C1. The minimum atomic E-state index is 0.646. The molecular weight excluding hydrogens is 194 g/mol. The smallest absolute Gasteiger partial charge is 0.00231 e. The van der Waals surface area contributed by atoms with Gasteiger partial charge in [-0.15, -0.1) is 0 Å². The Morgan fingerprint density at radius 2 is 1.81 bits per heavy atom. The summed E-state index contributed by atoms with van der Waals surface area (Å²) in [6.45, 7) is 5.68. The minimum Gasteiger partial charge on any atom is -0.319 e. The van der Waals surface area contributed by atoms with Crippen LogP contribution in [0.4, 0.5) is 0 Å². The fraction of sp³-hybridized carbons (Fsp3) is 0.600. The Bertz CT molecular complexity index is 320. The Hall–Kier alpha value is -0.820. The number of benzene rings is 1. The summed E-state index contributed by atoms with van der Waals surface area (Å²) >= 11 is 0. The minimum absolute atomic E-state index is 0.646. The number of hydrogen-bond donors (Lipinski definition) is 1. The normalized spacial score (nSPS) is 24.5. The van der Waals surface area contributed by atoms with Gasteiger partial charge in [-0.2, -0.15) is 0 Å². The fourth-order valence-corrected chi connectivity index (χ4v) is 2.62. The van der Waals surface area contributed by atoms with E-state index in [1.54, 1.807) is 0 Å². The Labute approximate surface area is 99.3 Å². The van der Waals surface area contributed by atoms with Crippen molar-refractivity contribution >= 4 is 0 Å². The van der Waals surface area contributed by atoms with Crippen LogP contribution in [0.2, 0.25) is 0 Å². The maximum atomic E-state index is 3.27. The van der Waals surface area contributed by atoms with Crippen molar-refractivity contribution in [2.45, 2.75) is 38.5 Å². The molecule has 16 heavy (non-hydrogen) atoms. The Morgan fingerprint density at radius 1 is 1.19 bits per heavy atom. The van der Waals surface area contributed by atoms with Crippen molar-refractivity contribution < 1.29 is 0 Å². The molecule has 1 N–H and O–H groups in total. The first-order valence-electron chi connectivity index (χ1n) is 6.45. The van der Waals surface area contributed by atoms with E-state index in [1.165, 1.54) is 30.5 Å². The van der Waals surface area contributed by atoms with Crippen LogP contribution >= 0.6 is 0 Å². The average Bonchev–Trinajstić information content (AvgIpc) is 2.23. The molecule has 0 amide bonds. The average molecular weight is 217 g/mol. The molecule has 88 valence electrons. The Morgan fingerprint density at radius 3 is 2.31 bits per heavy atom. The molecule has 2 rings (SSSR count). The van der Waals surface area contributed by atoms with Crippen molar-refractivity contribution in [3.63, 3.8) is 0 Å². The van der Waals surface area contributed by atoms with E-state index in [-0.39, 0.29) is 0 Å².